The van der Waals surface area contributed by atoms with Crippen molar-refractivity contribution in [2.45, 2.75) is 32.7 Å². The van der Waals surface area contributed by atoms with Crippen LogP contribution in [0, 0.1) is 0 Å². The average Bonchev–Trinajstić information content (AvgIpc) is 2.91. The molecule has 0 saturated heterocycles. The summed E-state index contributed by atoms with van der Waals surface area (Å²) in [6, 6.07) is 4.44. The molecule has 0 aliphatic carbocycles. The van der Waals surface area contributed by atoms with Crippen molar-refractivity contribution in [3.05, 3.63) is 29.3 Å². The summed E-state index contributed by atoms with van der Waals surface area (Å²) in [5.74, 6) is -0.122. The van der Waals surface area contributed by atoms with E-state index in [1.807, 2.05) is 19.2 Å². The molecular formula is C15H20N2O2S. The highest BCUT2D eigenvalue weighted by atomic mass is 32.1. The van der Waals surface area contributed by atoms with Gasteiger partial charge in [0.2, 0.25) is 0 Å². The van der Waals surface area contributed by atoms with E-state index in [0.717, 1.165) is 18.5 Å². The first kappa shape index (κ1) is 14.9. The molecule has 1 atom stereocenters. The highest BCUT2D eigenvalue weighted by Gasteiger charge is 2.07. The summed E-state index contributed by atoms with van der Waals surface area (Å²) in [4.78, 5) is 15.7. The van der Waals surface area contributed by atoms with E-state index in [1.54, 1.807) is 11.3 Å². The number of carbonyl (C=O) groups excluding carboxylic acids is 1. The van der Waals surface area contributed by atoms with Crippen LogP contribution in [0.3, 0.4) is 0 Å². The summed E-state index contributed by atoms with van der Waals surface area (Å²) in [5.41, 5.74) is 2.23. The van der Waals surface area contributed by atoms with Crippen LogP contribution in [0.15, 0.2) is 23.7 Å². The molecular weight excluding hydrogens is 272 g/mol. The molecule has 4 nitrogen and oxygen atoms in total. The lowest BCUT2D eigenvalue weighted by Crippen LogP contribution is -2.21. The minimum Gasteiger partial charge on any atom is -0.466 e. The number of thiophene rings is 1. The maximum Gasteiger partial charge on any atom is 0.305 e. The van der Waals surface area contributed by atoms with Gasteiger partial charge in [-0.3, -0.25) is 9.78 Å². The zero-order valence-corrected chi connectivity index (χ0v) is 12.7. The molecule has 0 amide bonds. The number of pyridine rings is 1. The predicted octanol–water partition coefficient (Wildman–Crippen LogP) is 3.29. The van der Waals surface area contributed by atoms with Gasteiger partial charge < -0.3 is 10.1 Å². The minimum atomic E-state index is -0.122. The van der Waals surface area contributed by atoms with Crippen molar-refractivity contribution >= 4 is 27.5 Å². The fraction of sp³-hybridized carbons (Fsp3) is 0.467. The van der Waals surface area contributed by atoms with Crippen LogP contribution in [0.2, 0.25) is 0 Å². The molecule has 2 aromatic heterocycles. The van der Waals surface area contributed by atoms with Gasteiger partial charge in [0, 0.05) is 18.7 Å². The van der Waals surface area contributed by atoms with E-state index in [2.05, 4.69) is 28.7 Å². The highest BCUT2D eigenvalue weighted by Crippen LogP contribution is 2.22. The molecule has 0 radical (unpaired) electrons. The Balaban J connectivity index is 1.79. The van der Waals surface area contributed by atoms with Crippen LogP contribution in [0.1, 0.15) is 38.3 Å². The number of hydrogen-bond acceptors (Lipinski definition) is 5. The summed E-state index contributed by atoms with van der Waals surface area (Å²) in [6.07, 6.45) is 3.17. The van der Waals surface area contributed by atoms with Gasteiger partial charge in [0.25, 0.3) is 0 Å². The summed E-state index contributed by atoms with van der Waals surface area (Å²) >= 11 is 1.71. The third kappa shape index (κ3) is 4.02. The zero-order valence-electron chi connectivity index (χ0n) is 11.9. The normalized spacial score (nSPS) is 12.5. The number of aromatic nitrogens is 1. The first-order valence-electron chi connectivity index (χ1n) is 6.93. The smallest absolute Gasteiger partial charge is 0.305 e. The van der Waals surface area contributed by atoms with Crippen LogP contribution in [-0.4, -0.2) is 24.1 Å². The van der Waals surface area contributed by atoms with E-state index in [4.69, 9.17) is 4.74 Å². The average molecular weight is 292 g/mol. The second kappa shape index (κ2) is 7.36. The zero-order chi connectivity index (χ0) is 14.4. The van der Waals surface area contributed by atoms with Crippen LogP contribution >= 0.6 is 11.3 Å². The molecule has 0 saturated carbocycles. The second-order valence-corrected chi connectivity index (χ2v) is 5.60. The van der Waals surface area contributed by atoms with Gasteiger partial charge in [0.1, 0.15) is 0 Å². The van der Waals surface area contributed by atoms with E-state index in [-0.39, 0.29) is 12.0 Å². The van der Waals surface area contributed by atoms with Crippen LogP contribution in [-0.2, 0) is 9.53 Å². The Hall–Kier alpha value is -1.46. The Kier molecular flexibility index (Phi) is 5.49. The molecule has 5 heteroatoms. The van der Waals surface area contributed by atoms with Gasteiger partial charge in [-0.25, -0.2) is 0 Å². The third-order valence-corrected chi connectivity index (χ3v) is 3.99. The molecule has 2 heterocycles. The Labute approximate surface area is 123 Å². The predicted molar refractivity (Wildman–Crippen MR) is 81.9 cm³/mol. The molecule has 0 aliphatic rings. The van der Waals surface area contributed by atoms with Crippen molar-refractivity contribution in [3.63, 3.8) is 0 Å². The lowest BCUT2D eigenvalue weighted by molar-refractivity contribution is -0.143. The number of hydrogen-bond donors (Lipinski definition) is 1. The molecule has 0 bridgehead atoms. The van der Waals surface area contributed by atoms with Gasteiger partial charge in [-0.05, 0) is 49.9 Å². The number of rotatable bonds is 7. The molecule has 0 fully saturated rings. The van der Waals surface area contributed by atoms with Gasteiger partial charge in [-0.1, -0.05) is 0 Å². The Morgan fingerprint density at radius 2 is 2.40 bits per heavy atom. The Morgan fingerprint density at radius 3 is 3.20 bits per heavy atom. The van der Waals surface area contributed by atoms with Gasteiger partial charge in [0.05, 0.1) is 16.8 Å². The Bertz CT molecular complexity index is 568. The van der Waals surface area contributed by atoms with E-state index >= 15 is 0 Å². The van der Waals surface area contributed by atoms with Crippen molar-refractivity contribution in [2.75, 3.05) is 13.2 Å². The number of nitrogens with one attached hydrogen (secondary N) is 1. The van der Waals surface area contributed by atoms with Gasteiger partial charge in [-0.15, -0.1) is 11.3 Å². The van der Waals surface area contributed by atoms with Crippen LogP contribution in [0.25, 0.3) is 10.2 Å². The van der Waals surface area contributed by atoms with Crippen molar-refractivity contribution in [1.82, 2.24) is 10.3 Å². The molecule has 0 aliphatic heterocycles. The molecule has 20 heavy (non-hydrogen) atoms. The van der Waals surface area contributed by atoms with E-state index in [9.17, 15) is 4.79 Å². The van der Waals surface area contributed by atoms with Crippen LogP contribution in [0.5, 0.6) is 0 Å². The standard InChI is InChI=1S/C15H20N2O2S/c1-3-19-15(18)5-4-7-16-11(2)12-9-14-13(17-10-12)6-8-20-14/h6,8-11,16H,3-5,7H2,1-2H3. The highest BCUT2D eigenvalue weighted by molar-refractivity contribution is 7.17. The van der Waals surface area contributed by atoms with Crippen molar-refractivity contribution in [3.8, 4) is 0 Å². The van der Waals surface area contributed by atoms with Gasteiger partial charge in [0.15, 0.2) is 0 Å². The fourth-order valence-corrected chi connectivity index (χ4v) is 2.79. The SMILES string of the molecule is CCOC(=O)CCCNC(C)c1cnc2ccsc2c1. The quantitative estimate of drug-likeness (QED) is 0.628. The van der Waals surface area contributed by atoms with Crippen molar-refractivity contribution in [1.29, 1.82) is 0 Å². The van der Waals surface area contributed by atoms with Gasteiger partial charge in [-0.2, -0.15) is 0 Å². The summed E-state index contributed by atoms with van der Waals surface area (Å²) in [7, 11) is 0. The second-order valence-electron chi connectivity index (χ2n) is 4.66. The van der Waals surface area contributed by atoms with E-state index in [1.165, 1.54) is 10.3 Å². The molecule has 108 valence electrons. The first-order valence-corrected chi connectivity index (χ1v) is 7.81. The number of ether oxygens (including phenoxy) is 1. The van der Waals surface area contributed by atoms with Crippen LogP contribution in [0.4, 0.5) is 0 Å². The molecule has 2 aromatic rings. The lowest BCUT2D eigenvalue weighted by atomic mass is 10.1. The monoisotopic (exact) mass is 292 g/mol. The molecule has 1 unspecified atom stereocenters. The lowest BCUT2D eigenvalue weighted by Gasteiger charge is -2.13. The minimum absolute atomic E-state index is 0.122. The number of nitrogens with zero attached hydrogens (tertiary/aromatic N) is 1. The number of esters is 1. The summed E-state index contributed by atoms with van der Waals surface area (Å²) in [6.45, 7) is 5.18. The largest absolute Gasteiger partial charge is 0.466 e. The molecule has 2 rings (SSSR count). The van der Waals surface area contributed by atoms with Gasteiger partial charge >= 0.3 is 5.97 Å². The van der Waals surface area contributed by atoms with E-state index < -0.39 is 0 Å². The van der Waals surface area contributed by atoms with Crippen molar-refractivity contribution < 1.29 is 9.53 Å². The first-order chi connectivity index (χ1) is 9.70. The fourth-order valence-electron chi connectivity index (χ4n) is 2.00. The molecule has 0 aromatic carbocycles. The van der Waals surface area contributed by atoms with Crippen molar-refractivity contribution in [2.24, 2.45) is 0 Å². The maximum absolute atomic E-state index is 11.2. The third-order valence-electron chi connectivity index (χ3n) is 3.14. The molecule has 1 N–H and O–H groups in total. The van der Waals surface area contributed by atoms with E-state index in [0.29, 0.717) is 13.0 Å². The summed E-state index contributed by atoms with van der Waals surface area (Å²) < 4.78 is 6.11. The topological polar surface area (TPSA) is 51.2 Å². The van der Waals surface area contributed by atoms with Crippen LogP contribution < -0.4 is 5.32 Å². The molecule has 0 spiro atoms. The Morgan fingerprint density at radius 1 is 1.55 bits per heavy atom. The number of carbonyl (C=O) groups is 1. The summed E-state index contributed by atoms with van der Waals surface area (Å²) in [5, 5.41) is 5.46. The maximum atomic E-state index is 11.2. The number of fused-ring (bicyclic) bond motifs is 1.